The third-order valence-corrected chi connectivity index (χ3v) is 1.48. The van der Waals surface area contributed by atoms with Gasteiger partial charge in [-0.3, -0.25) is 4.40 Å². The lowest BCUT2D eigenvalue weighted by atomic mass is 10.7. The molecule has 2 rings (SSSR count). The van der Waals surface area contributed by atoms with E-state index in [0.29, 0.717) is 16.7 Å². The van der Waals surface area contributed by atoms with Gasteiger partial charge in [-0.2, -0.15) is 0 Å². The van der Waals surface area contributed by atoms with E-state index in [1.807, 2.05) is 0 Å². The second kappa shape index (κ2) is 2.06. The molecule has 0 radical (unpaired) electrons. The minimum Gasteiger partial charge on any atom is -0.368 e. The van der Waals surface area contributed by atoms with Gasteiger partial charge < -0.3 is 5.73 Å². The minimum absolute atomic E-state index is 0.310. The zero-order chi connectivity index (χ0) is 7.84. The first-order valence-corrected chi connectivity index (χ1v) is 3.27. The molecule has 2 aromatic rings. The van der Waals surface area contributed by atoms with E-state index in [0.717, 1.165) is 0 Å². The van der Waals surface area contributed by atoms with E-state index in [2.05, 4.69) is 15.2 Å². The van der Waals surface area contributed by atoms with E-state index in [9.17, 15) is 0 Å². The average molecular weight is 170 g/mol. The molecule has 56 valence electrons. The van der Waals surface area contributed by atoms with Gasteiger partial charge in [-0.15, -0.1) is 10.2 Å². The minimum atomic E-state index is 0.310. The number of nitrogens with two attached hydrogens (primary N) is 1. The summed E-state index contributed by atoms with van der Waals surface area (Å²) in [5.74, 6) is 0.310. The maximum atomic E-state index is 5.60. The highest BCUT2D eigenvalue weighted by Crippen LogP contribution is 2.07. The van der Waals surface area contributed by atoms with Crippen LogP contribution in [0.1, 0.15) is 0 Å². The van der Waals surface area contributed by atoms with Crippen LogP contribution >= 0.6 is 11.6 Å². The molecule has 0 aliphatic carbocycles. The van der Waals surface area contributed by atoms with Crippen molar-refractivity contribution in [1.82, 2.24) is 19.6 Å². The number of nitrogen functional groups attached to an aromatic ring is 1. The maximum Gasteiger partial charge on any atom is 0.226 e. The fourth-order valence-corrected chi connectivity index (χ4v) is 0.942. The predicted molar refractivity (Wildman–Crippen MR) is 40.2 cm³/mol. The first-order valence-electron chi connectivity index (χ1n) is 2.89. The molecule has 0 spiro atoms. The van der Waals surface area contributed by atoms with Gasteiger partial charge >= 0.3 is 0 Å². The molecule has 0 unspecified atom stereocenters. The van der Waals surface area contributed by atoms with E-state index in [4.69, 9.17) is 17.3 Å². The lowest BCUT2D eigenvalue weighted by Gasteiger charge is -1.92. The Kier molecular flexibility index (Phi) is 1.19. The first-order chi connectivity index (χ1) is 5.27. The zero-order valence-electron chi connectivity index (χ0n) is 5.40. The number of hydrogen-bond acceptors (Lipinski definition) is 4. The summed E-state index contributed by atoms with van der Waals surface area (Å²) in [5.41, 5.74) is 6.04. The van der Waals surface area contributed by atoms with Crippen molar-refractivity contribution in [3.63, 3.8) is 0 Å². The summed E-state index contributed by atoms with van der Waals surface area (Å²) in [7, 11) is 0. The van der Waals surface area contributed by atoms with Gasteiger partial charge in [0.1, 0.15) is 5.15 Å². The van der Waals surface area contributed by atoms with Gasteiger partial charge in [0, 0.05) is 0 Å². The molecule has 11 heavy (non-hydrogen) atoms. The second-order valence-electron chi connectivity index (χ2n) is 2.00. The molecule has 0 saturated carbocycles. The van der Waals surface area contributed by atoms with E-state index >= 15 is 0 Å². The predicted octanol–water partition coefficient (Wildman–Crippen LogP) is 0.360. The normalized spacial score (nSPS) is 10.6. The number of halogens is 1. The van der Waals surface area contributed by atoms with Crippen LogP contribution in [0.5, 0.6) is 0 Å². The number of nitrogens with zero attached hydrogens (tertiary/aromatic N) is 4. The van der Waals surface area contributed by atoms with Crippen molar-refractivity contribution in [3.05, 3.63) is 17.5 Å². The number of hydrogen-bond donors (Lipinski definition) is 1. The van der Waals surface area contributed by atoms with Crippen molar-refractivity contribution in [2.75, 3.05) is 5.73 Å². The zero-order valence-corrected chi connectivity index (χ0v) is 6.15. The first kappa shape index (κ1) is 6.36. The van der Waals surface area contributed by atoms with Crippen molar-refractivity contribution < 1.29 is 0 Å². The second-order valence-corrected chi connectivity index (χ2v) is 2.38. The summed E-state index contributed by atoms with van der Waals surface area (Å²) in [6.45, 7) is 0. The van der Waals surface area contributed by atoms with Gasteiger partial charge in [0.05, 0.1) is 12.4 Å². The topological polar surface area (TPSA) is 69.1 Å². The molecule has 2 aromatic heterocycles. The van der Waals surface area contributed by atoms with Crippen LogP contribution in [0.15, 0.2) is 12.4 Å². The highest BCUT2D eigenvalue weighted by Gasteiger charge is 2.00. The van der Waals surface area contributed by atoms with E-state index in [-0.39, 0.29) is 0 Å². The Hall–Kier alpha value is -1.36. The lowest BCUT2D eigenvalue weighted by Crippen LogP contribution is -1.93. The van der Waals surface area contributed by atoms with Gasteiger partial charge in [-0.1, -0.05) is 11.6 Å². The van der Waals surface area contributed by atoms with Gasteiger partial charge in [-0.25, -0.2) is 4.98 Å². The van der Waals surface area contributed by atoms with Crippen molar-refractivity contribution >= 4 is 23.2 Å². The van der Waals surface area contributed by atoms with Crippen LogP contribution in [0.3, 0.4) is 0 Å². The molecule has 0 aliphatic rings. The molecule has 0 bridgehead atoms. The lowest BCUT2D eigenvalue weighted by molar-refractivity contribution is 1.12. The van der Waals surface area contributed by atoms with Crippen LogP contribution in [0.25, 0.3) is 5.65 Å². The summed E-state index contributed by atoms with van der Waals surface area (Å²) < 4.78 is 1.56. The fourth-order valence-electron chi connectivity index (χ4n) is 0.796. The highest BCUT2D eigenvalue weighted by atomic mass is 35.5. The molecule has 0 aliphatic heterocycles. The number of anilines is 1. The number of rotatable bonds is 0. The molecule has 2 N–H and O–H groups in total. The Balaban J connectivity index is 2.87. The van der Waals surface area contributed by atoms with Gasteiger partial charge in [0.2, 0.25) is 5.95 Å². The molecule has 5 nitrogen and oxygen atoms in total. The molecular weight excluding hydrogens is 166 g/mol. The van der Waals surface area contributed by atoms with Gasteiger partial charge in [-0.05, 0) is 0 Å². The monoisotopic (exact) mass is 169 g/mol. The Bertz CT molecular complexity index is 395. The summed E-state index contributed by atoms with van der Waals surface area (Å²) in [6, 6.07) is 0. The van der Waals surface area contributed by atoms with E-state index in [1.54, 1.807) is 10.6 Å². The van der Waals surface area contributed by atoms with Crippen LogP contribution in [-0.4, -0.2) is 19.6 Å². The Morgan fingerprint density at radius 1 is 1.45 bits per heavy atom. The van der Waals surface area contributed by atoms with E-state index in [1.165, 1.54) is 6.20 Å². The quantitative estimate of drug-likeness (QED) is 0.618. The van der Waals surface area contributed by atoms with Crippen LogP contribution < -0.4 is 5.73 Å². The Morgan fingerprint density at radius 2 is 2.27 bits per heavy atom. The Morgan fingerprint density at radius 3 is 3.09 bits per heavy atom. The van der Waals surface area contributed by atoms with Gasteiger partial charge in [0.15, 0.2) is 5.65 Å². The number of fused-ring (bicyclic) bond motifs is 1. The average Bonchev–Trinajstić information content (AvgIpc) is 2.33. The molecule has 0 atom stereocenters. The summed E-state index contributed by atoms with van der Waals surface area (Å²) >= 11 is 5.60. The van der Waals surface area contributed by atoms with Crippen LogP contribution in [0.4, 0.5) is 5.95 Å². The smallest absolute Gasteiger partial charge is 0.226 e. The SMILES string of the molecule is Nc1nnc2cnc(Cl)cn12. The summed E-state index contributed by atoms with van der Waals surface area (Å²) in [6.07, 6.45) is 3.07. The maximum absolute atomic E-state index is 5.60. The third kappa shape index (κ3) is 0.894. The van der Waals surface area contributed by atoms with Crippen molar-refractivity contribution in [2.24, 2.45) is 0 Å². The summed E-state index contributed by atoms with van der Waals surface area (Å²) in [5, 5.41) is 7.72. The van der Waals surface area contributed by atoms with Gasteiger partial charge in [0.25, 0.3) is 0 Å². The van der Waals surface area contributed by atoms with Crippen LogP contribution in [-0.2, 0) is 0 Å². The molecule has 0 amide bonds. The van der Waals surface area contributed by atoms with Crippen molar-refractivity contribution in [3.8, 4) is 0 Å². The molecule has 0 aromatic carbocycles. The fraction of sp³-hybridized carbons (Fsp3) is 0. The van der Waals surface area contributed by atoms with Crippen molar-refractivity contribution in [1.29, 1.82) is 0 Å². The van der Waals surface area contributed by atoms with E-state index < -0.39 is 0 Å². The molecular formula is C5H4ClN5. The molecule has 2 heterocycles. The summed E-state index contributed by atoms with van der Waals surface area (Å²) in [4.78, 5) is 3.81. The number of aromatic nitrogens is 4. The third-order valence-electron chi connectivity index (χ3n) is 1.29. The standard InChI is InChI=1S/C5H4ClN5/c6-3-2-11-4(1-8-3)9-10-5(11)7/h1-2H,(H2,7,10). The molecule has 6 heteroatoms. The highest BCUT2D eigenvalue weighted by molar-refractivity contribution is 6.29. The Labute approximate surface area is 66.8 Å². The van der Waals surface area contributed by atoms with Crippen LogP contribution in [0, 0.1) is 0 Å². The molecule has 0 fully saturated rings. The molecule has 0 saturated heterocycles. The van der Waals surface area contributed by atoms with Crippen molar-refractivity contribution in [2.45, 2.75) is 0 Å². The largest absolute Gasteiger partial charge is 0.368 e. The van der Waals surface area contributed by atoms with Crippen LogP contribution in [0.2, 0.25) is 5.15 Å².